The molecule has 0 aliphatic carbocycles. The predicted molar refractivity (Wildman–Crippen MR) is 117 cm³/mol. The Morgan fingerprint density at radius 1 is 0.966 bits per heavy atom. The van der Waals surface area contributed by atoms with E-state index in [2.05, 4.69) is 33.4 Å². The summed E-state index contributed by atoms with van der Waals surface area (Å²) in [6, 6.07) is 9.02. The van der Waals surface area contributed by atoms with Crippen molar-refractivity contribution in [2.24, 2.45) is 5.41 Å². The van der Waals surface area contributed by atoms with Crippen molar-refractivity contribution in [2.45, 2.75) is 73.1 Å². The summed E-state index contributed by atoms with van der Waals surface area (Å²) in [5.41, 5.74) is 6.70. The SMILES string of the molecule is CCOC(=O)CCCC(=C=C(C)CC(C)(C)C)CCCOC(=O)c1ccccc1. The van der Waals surface area contributed by atoms with E-state index in [1.807, 2.05) is 25.1 Å². The van der Waals surface area contributed by atoms with E-state index in [0.29, 0.717) is 25.2 Å². The second kappa shape index (κ2) is 13.0. The van der Waals surface area contributed by atoms with Crippen molar-refractivity contribution in [2.75, 3.05) is 13.2 Å². The highest BCUT2D eigenvalue weighted by molar-refractivity contribution is 5.89. The maximum atomic E-state index is 12.0. The first-order valence-corrected chi connectivity index (χ1v) is 10.5. The molecule has 0 saturated heterocycles. The minimum Gasteiger partial charge on any atom is -0.466 e. The van der Waals surface area contributed by atoms with Crippen LogP contribution >= 0.6 is 0 Å². The van der Waals surface area contributed by atoms with Gasteiger partial charge in [0.1, 0.15) is 0 Å². The first-order valence-electron chi connectivity index (χ1n) is 10.5. The Bertz CT molecular complexity index is 704. The number of hydrogen-bond acceptors (Lipinski definition) is 4. The molecular weight excluding hydrogens is 364 g/mol. The molecule has 29 heavy (non-hydrogen) atoms. The lowest BCUT2D eigenvalue weighted by Gasteiger charge is -2.17. The van der Waals surface area contributed by atoms with Gasteiger partial charge >= 0.3 is 11.9 Å². The quantitative estimate of drug-likeness (QED) is 0.250. The van der Waals surface area contributed by atoms with Gasteiger partial charge in [-0.15, -0.1) is 5.73 Å². The Morgan fingerprint density at radius 3 is 2.24 bits per heavy atom. The van der Waals surface area contributed by atoms with E-state index < -0.39 is 0 Å². The molecule has 0 aliphatic heterocycles. The zero-order valence-corrected chi connectivity index (χ0v) is 18.7. The zero-order valence-electron chi connectivity index (χ0n) is 18.7. The minimum atomic E-state index is -0.294. The van der Waals surface area contributed by atoms with Gasteiger partial charge in [0.25, 0.3) is 0 Å². The fourth-order valence-corrected chi connectivity index (χ4v) is 3.18. The van der Waals surface area contributed by atoms with Crippen molar-refractivity contribution in [3.05, 3.63) is 52.8 Å². The zero-order chi connectivity index (χ0) is 21.7. The third-order valence-corrected chi connectivity index (χ3v) is 4.22. The van der Waals surface area contributed by atoms with E-state index in [1.165, 1.54) is 11.1 Å². The van der Waals surface area contributed by atoms with Crippen LogP contribution in [0.1, 0.15) is 83.5 Å². The highest BCUT2D eigenvalue weighted by atomic mass is 16.5. The van der Waals surface area contributed by atoms with Crippen LogP contribution in [0.4, 0.5) is 0 Å². The molecule has 4 heteroatoms. The van der Waals surface area contributed by atoms with E-state index >= 15 is 0 Å². The smallest absolute Gasteiger partial charge is 0.338 e. The van der Waals surface area contributed by atoms with Crippen LogP contribution in [-0.2, 0) is 14.3 Å². The number of esters is 2. The van der Waals surface area contributed by atoms with Crippen molar-refractivity contribution in [1.29, 1.82) is 0 Å². The van der Waals surface area contributed by atoms with Crippen LogP contribution in [0.2, 0.25) is 0 Å². The van der Waals surface area contributed by atoms with Gasteiger partial charge in [-0.3, -0.25) is 4.79 Å². The number of carbonyl (C=O) groups excluding carboxylic acids is 2. The third kappa shape index (κ3) is 12.0. The lowest BCUT2D eigenvalue weighted by atomic mass is 9.88. The Hall–Kier alpha value is -2.32. The molecule has 0 saturated carbocycles. The van der Waals surface area contributed by atoms with Crippen LogP contribution < -0.4 is 0 Å². The summed E-state index contributed by atoms with van der Waals surface area (Å²) in [4.78, 5) is 23.6. The van der Waals surface area contributed by atoms with Crippen LogP contribution in [0, 0.1) is 5.41 Å². The van der Waals surface area contributed by atoms with E-state index in [0.717, 1.165) is 32.1 Å². The molecule has 0 amide bonds. The van der Waals surface area contributed by atoms with E-state index in [9.17, 15) is 9.59 Å². The van der Waals surface area contributed by atoms with E-state index in [4.69, 9.17) is 9.47 Å². The molecule has 0 heterocycles. The maximum absolute atomic E-state index is 12.0. The first-order chi connectivity index (χ1) is 13.7. The average Bonchev–Trinajstić information content (AvgIpc) is 2.64. The molecule has 0 unspecified atom stereocenters. The molecule has 0 spiro atoms. The van der Waals surface area contributed by atoms with Gasteiger partial charge in [0.05, 0.1) is 18.8 Å². The minimum absolute atomic E-state index is 0.154. The lowest BCUT2D eigenvalue weighted by molar-refractivity contribution is -0.143. The molecule has 4 nitrogen and oxygen atoms in total. The molecule has 0 bridgehead atoms. The lowest BCUT2D eigenvalue weighted by Crippen LogP contribution is -2.07. The Balaban J connectivity index is 2.62. The van der Waals surface area contributed by atoms with Crippen molar-refractivity contribution in [1.82, 2.24) is 0 Å². The summed E-state index contributed by atoms with van der Waals surface area (Å²) < 4.78 is 10.4. The number of allylic oxidation sites excluding steroid dienone is 1. The molecule has 0 N–H and O–H groups in total. The third-order valence-electron chi connectivity index (χ3n) is 4.22. The Labute approximate surface area is 176 Å². The van der Waals surface area contributed by atoms with Crippen molar-refractivity contribution < 1.29 is 19.1 Å². The van der Waals surface area contributed by atoms with Gasteiger partial charge in [-0.25, -0.2) is 4.79 Å². The Kier molecular flexibility index (Phi) is 11.1. The summed E-state index contributed by atoms with van der Waals surface area (Å²) in [5.74, 6) is -0.447. The highest BCUT2D eigenvalue weighted by Crippen LogP contribution is 2.24. The monoisotopic (exact) mass is 400 g/mol. The van der Waals surface area contributed by atoms with Crippen LogP contribution in [0.3, 0.4) is 0 Å². The normalized spacial score (nSPS) is 10.8. The number of ether oxygens (including phenoxy) is 2. The topological polar surface area (TPSA) is 52.6 Å². The fourth-order valence-electron chi connectivity index (χ4n) is 3.18. The van der Waals surface area contributed by atoms with Gasteiger partial charge in [-0.2, -0.15) is 0 Å². The van der Waals surface area contributed by atoms with Gasteiger partial charge in [-0.05, 0) is 74.6 Å². The second-order valence-corrected chi connectivity index (χ2v) is 8.51. The molecule has 0 fully saturated rings. The van der Waals surface area contributed by atoms with Crippen molar-refractivity contribution >= 4 is 11.9 Å². The fraction of sp³-hybridized carbons (Fsp3) is 0.560. The van der Waals surface area contributed by atoms with Gasteiger partial charge in [0, 0.05) is 6.42 Å². The van der Waals surface area contributed by atoms with Crippen LogP contribution in [0.15, 0.2) is 47.2 Å². The second-order valence-electron chi connectivity index (χ2n) is 8.51. The summed E-state index contributed by atoms with van der Waals surface area (Å²) in [6.45, 7) is 11.3. The Morgan fingerprint density at radius 2 is 1.62 bits per heavy atom. The van der Waals surface area contributed by atoms with E-state index in [1.54, 1.807) is 12.1 Å². The molecule has 0 aliphatic rings. The van der Waals surface area contributed by atoms with Crippen LogP contribution in [0.5, 0.6) is 0 Å². The largest absolute Gasteiger partial charge is 0.466 e. The van der Waals surface area contributed by atoms with Gasteiger partial charge in [-0.1, -0.05) is 39.0 Å². The molecule has 0 aromatic heterocycles. The van der Waals surface area contributed by atoms with Crippen molar-refractivity contribution in [3.63, 3.8) is 0 Å². The molecular formula is C25H36O4. The number of benzene rings is 1. The predicted octanol–water partition coefficient (Wildman–Crippen LogP) is 6.26. The van der Waals surface area contributed by atoms with Gasteiger partial charge < -0.3 is 9.47 Å². The summed E-state index contributed by atoms with van der Waals surface area (Å²) in [7, 11) is 0. The molecule has 0 atom stereocenters. The molecule has 0 radical (unpaired) electrons. The number of hydrogen-bond donors (Lipinski definition) is 0. The molecule has 1 aromatic carbocycles. The first kappa shape index (κ1) is 24.7. The van der Waals surface area contributed by atoms with E-state index in [-0.39, 0.29) is 17.4 Å². The average molecular weight is 401 g/mol. The summed E-state index contributed by atoms with van der Waals surface area (Å²) in [6.07, 6.45) is 4.47. The van der Waals surface area contributed by atoms with Gasteiger partial charge in [0.15, 0.2) is 0 Å². The summed E-state index contributed by atoms with van der Waals surface area (Å²) in [5, 5.41) is 0. The number of carbonyl (C=O) groups is 2. The standard InChI is InChI=1S/C25H36O4/c1-6-28-23(26)16-10-12-21(18-20(2)19-25(3,4)5)13-11-17-29-24(27)22-14-8-7-9-15-22/h7-9,14-15H,6,10-13,16-17,19H2,1-5H3. The molecule has 1 rings (SSSR count). The number of rotatable bonds is 11. The van der Waals surface area contributed by atoms with Crippen LogP contribution in [-0.4, -0.2) is 25.2 Å². The molecule has 1 aromatic rings. The van der Waals surface area contributed by atoms with Gasteiger partial charge in [0.2, 0.25) is 0 Å². The summed E-state index contributed by atoms with van der Waals surface area (Å²) >= 11 is 0. The van der Waals surface area contributed by atoms with Crippen LogP contribution in [0.25, 0.3) is 0 Å². The van der Waals surface area contributed by atoms with Crippen molar-refractivity contribution in [3.8, 4) is 0 Å². The maximum Gasteiger partial charge on any atom is 0.338 e. The molecule has 160 valence electrons. The highest BCUT2D eigenvalue weighted by Gasteiger charge is 2.11.